The third-order valence-corrected chi connectivity index (χ3v) is 2.17. The van der Waals surface area contributed by atoms with Gasteiger partial charge in [-0.2, -0.15) is 0 Å². The highest BCUT2D eigenvalue weighted by molar-refractivity contribution is 6.01. The molecule has 1 aromatic rings. The minimum absolute atomic E-state index is 0.132. The van der Waals surface area contributed by atoms with Gasteiger partial charge in [-0.1, -0.05) is 6.07 Å². The number of imide groups is 1. The summed E-state index contributed by atoms with van der Waals surface area (Å²) in [5.74, 6) is -0.249. The van der Waals surface area contributed by atoms with Gasteiger partial charge < -0.3 is 4.90 Å². The Balaban J connectivity index is 2.09. The monoisotopic (exact) mass is 205 g/mol. The van der Waals surface area contributed by atoms with Gasteiger partial charge in [-0.25, -0.2) is 4.79 Å². The average Bonchev–Trinajstić information content (AvgIpc) is 2.45. The first-order chi connectivity index (χ1) is 7.15. The van der Waals surface area contributed by atoms with E-state index in [2.05, 4.69) is 10.3 Å². The molecule has 0 bridgehead atoms. The molecule has 1 aliphatic heterocycles. The molecule has 2 rings (SSSR count). The largest absolute Gasteiger partial charge is 0.324 e. The third kappa shape index (κ3) is 2.12. The molecule has 0 unspecified atom stereocenters. The smallest absolute Gasteiger partial charge is 0.311 e. The third-order valence-electron chi connectivity index (χ3n) is 2.17. The van der Waals surface area contributed by atoms with Crippen LogP contribution in [0, 0.1) is 6.92 Å². The predicted molar refractivity (Wildman–Crippen MR) is 52.9 cm³/mol. The molecule has 0 saturated carbocycles. The lowest BCUT2D eigenvalue weighted by Crippen LogP contribution is -2.27. The molecule has 2 heterocycles. The Bertz CT molecular complexity index is 417. The van der Waals surface area contributed by atoms with Gasteiger partial charge >= 0.3 is 6.03 Å². The van der Waals surface area contributed by atoms with Crippen LogP contribution in [-0.4, -0.2) is 28.4 Å². The first kappa shape index (κ1) is 9.64. The van der Waals surface area contributed by atoms with Crippen LogP contribution in [0.3, 0.4) is 0 Å². The molecule has 0 aromatic carbocycles. The van der Waals surface area contributed by atoms with Crippen molar-refractivity contribution in [1.29, 1.82) is 0 Å². The van der Waals surface area contributed by atoms with Crippen LogP contribution < -0.4 is 5.32 Å². The van der Waals surface area contributed by atoms with Gasteiger partial charge in [0.25, 0.3) is 0 Å². The fraction of sp³-hybridized carbons (Fsp3) is 0.300. The summed E-state index contributed by atoms with van der Waals surface area (Å²) in [6.45, 7) is 2.49. The van der Waals surface area contributed by atoms with E-state index in [4.69, 9.17) is 0 Å². The Morgan fingerprint density at radius 2 is 2.27 bits per heavy atom. The summed E-state index contributed by atoms with van der Waals surface area (Å²) in [7, 11) is 0. The molecule has 0 atom stereocenters. The molecule has 3 amide bonds. The van der Waals surface area contributed by atoms with Crippen LogP contribution in [0.2, 0.25) is 0 Å². The maximum Gasteiger partial charge on any atom is 0.324 e. The molecule has 0 spiro atoms. The number of aryl methyl sites for hydroxylation is 1. The van der Waals surface area contributed by atoms with Gasteiger partial charge in [0.2, 0.25) is 5.91 Å². The van der Waals surface area contributed by atoms with Gasteiger partial charge in [-0.05, 0) is 18.1 Å². The normalized spacial score (nSPS) is 15.7. The van der Waals surface area contributed by atoms with E-state index in [1.165, 1.54) is 4.90 Å². The summed E-state index contributed by atoms with van der Waals surface area (Å²) >= 11 is 0. The van der Waals surface area contributed by atoms with Crippen molar-refractivity contribution >= 4 is 11.9 Å². The molecular formula is C10H11N3O2. The fourth-order valence-corrected chi connectivity index (χ4v) is 1.54. The van der Waals surface area contributed by atoms with Crippen LogP contribution in [0.5, 0.6) is 0 Å². The van der Waals surface area contributed by atoms with Gasteiger partial charge in [0.05, 0.1) is 0 Å². The topological polar surface area (TPSA) is 62.3 Å². The number of hydrogen-bond donors (Lipinski definition) is 1. The molecule has 0 radical (unpaired) electrons. The van der Waals surface area contributed by atoms with Crippen LogP contribution in [0.15, 0.2) is 18.5 Å². The minimum Gasteiger partial charge on any atom is -0.311 e. The zero-order chi connectivity index (χ0) is 10.8. The van der Waals surface area contributed by atoms with E-state index in [1.807, 2.05) is 13.0 Å². The Labute approximate surface area is 87.1 Å². The van der Waals surface area contributed by atoms with E-state index >= 15 is 0 Å². The van der Waals surface area contributed by atoms with Crippen molar-refractivity contribution in [3.63, 3.8) is 0 Å². The standard InChI is InChI=1S/C10H11N3O2/c1-7-2-8(4-11-3-7)5-13-6-9(14)12-10(13)15/h2-4H,5-6H2,1H3,(H,12,14,15). The molecule has 1 saturated heterocycles. The summed E-state index contributed by atoms with van der Waals surface area (Å²) in [6, 6.07) is 1.62. The zero-order valence-corrected chi connectivity index (χ0v) is 8.36. The molecule has 15 heavy (non-hydrogen) atoms. The van der Waals surface area contributed by atoms with Gasteiger partial charge in [-0.15, -0.1) is 0 Å². The SMILES string of the molecule is Cc1cncc(CN2CC(=O)NC2=O)c1. The van der Waals surface area contributed by atoms with Gasteiger partial charge in [0.15, 0.2) is 0 Å². The lowest BCUT2D eigenvalue weighted by atomic mass is 10.2. The van der Waals surface area contributed by atoms with Crippen LogP contribution in [0.25, 0.3) is 0 Å². The van der Waals surface area contributed by atoms with Gasteiger partial charge in [0.1, 0.15) is 6.54 Å². The second-order valence-corrected chi connectivity index (χ2v) is 3.58. The Kier molecular flexibility index (Phi) is 2.37. The van der Waals surface area contributed by atoms with Crippen molar-refractivity contribution in [3.05, 3.63) is 29.6 Å². The quantitative estimate of drug-likeness (QED) is 0.713. The maximum atomic E-state index is 11.2. The Morgan fingerprint density at radius 3 is 2.87 bits per heavy atom. The fourth-order valence-electron chi connectivity index (χ4n) is 1.54. The molecule has 1 aliphatic rings. The number of aromatic nitrogens is 1. The summed E-state index contributed by atoms with van der Waals surface area (Å²) < 4.78 is 0. The number of pyridine rings is 1. The van der Waals surface area contributed by atoms with E-state index < -0.39 is 0 Å². The predicted octanol–water partition coefficient (Wildman–Crippen LogP) is 0.442. The molecule has 5 nitrogen and oxygen atoms in total. The second-order valence-electron chi connectivity index (χ2n) is 3.58. The highest BCUT2D eigenvalue weighted by atomic mass is 16.2. The van der Waals surface area contributed by atoms with Crippen LogP contribution in [0.1, 0.15) is 11.1 Å². The number of nitrogens with one attached hydrogen (secondary N) is 1. The Hall–Kier alpha value is -1.91. The molecule has 1 fully saturated rings. The van der Waals surface area contributed by atoms with Crippen molar-refractivity contribution in [2.45, 2.75) is 13.5 Å². The Morgan fingerprint density at radius 1 is 1.47 bits per heavy atom. The minimum atomic E-state index is -0.332. The zero-order valence-electron chi connectivity index (χ0n) is 8.36. The average molecular weight is 205 g/mol. The maximum absolute atomic E-state index is 11.2. The summed E-state index contributed by atoms with van der Waals surface area (Å²) in [6.07, 6.45) is 3.45. The number of amides is 3. The van der Waals surface area contributed by atoms with Crippen molar-refractivity contribution in [1.82, 2.24) is 15.2 Å². The highest BCUT2D eigenvalue weighted by Gasteiger charge is 2.26. The van der Waals surface area contributed by atoms with Crippen LogP contribution >= 0.6 is 0 Å². The molecule has 1 aromatic heterocycles. The number of carbonyl (C=O) groups excluding carboxylic acids is 2. The molecule has 78 valence electrons. The summed E-state index contributed by atoms with van der Waals surface area (Å²) in [5.41, 5.74) is 1.97. The van der Waals surface area contributed by atoms with E-state index in [-0.39, 0.29) is 18.5 Å². The lowest BCUT2D eigenvalue weighted by Gasteiger charge is -2.12. The number of nitrogens with zero attached hydrogens (tertiary/aromatic N) is 2. The second kappa shape index (κ2) is 3.68. The lowest BCUT2D eigenvalue weighted by molar-refractivity contribution is -0.118. The van der Waals surface area contributed by atoms with E-state index in [0.29, 0.717) is 6.54 Å². The van der Waals surface area contributed by atoms with E-state index in [1.54, 1.807) is 12.4 Å². The van der Waals surface area contributed by atoms with Crippen molar-refractivity contribution < 1.29 is 9.59 Å². The number of urea groups is 1. The highest BCUT2D eigenvalue weighted by Crippen LogP contribution is 2.08. The van der Waals surface area contributed by atoms with E-state index in [9.17, 15) is 9.59 Å². The number of rotatable bonds is 2. The van der Waals surface area contributed by atoms with Crippen molar-refractivity contribution in [2.75, 3.05) is 6.54 Å². The van der Waals surface area contributed by atoms with Crippen LogP contribution in [0.4, 0.5) is 4.79 Å². The van der Waals surface area contributed by atoms with Gasteiger partial charge in [-0.3, -0.25) is 15.1 Å². The molecule has 1 N–H and O–H groups in total. The first-order valence-corrected chi connectivity index (χ1v) is 4.64. The summed E-state index contributed by atoms with van der Waals surface area (Å²) in [5, 5.41) is 2.23. The number of hydrogen-bond acceptors (Lipinski definition) is 3. The van der Waals surface area contributed by atoms with Gasteiger partial charge in [0, 0.05) is 18.9 Å². The number of carbonyl (C=O) groups is 2. The first-order valence-electron chi connectivity index (χ1n) is 4.64. The van der Waals surface area contributed by atoms with Crippen molar-refractivity contribution in [3.8, 4) is 0 Å². The van der Waals surface area contributed by atoms with E-state index in [0.717, 1.165) is 11.1 Å². The summed E-state index contributed by atoms with van der Waals surface area (Å²) in [4.78, 5) is 27.7. The van der Waals surface area contributed by atoms with Crippen LogP contribution in [-0.2, 0) is 11.3 Å². The molecule has 0 aliphatic carbocycles. The molecular weight excluding hydrogens is 194 g/mol. The van der Waals surface area contributed by atoms with Crippen molar-refractivity contribution in [2.24, 2.45) is 0 Å². The molecule has 5 heteroatoms.